The van der Waals surface area contributed by atoms with Gasteiger partial charge >= 0.3 is 12.1 Å². The molecule has 0 unspecified atom stereocenters. The number of carbonyl (C=O) groups is 2. The van der Waals surface area contributed by atoms with Crippen molar-refractivity contribution in [2.45, 2.75) is 46.5 Å². The van der Waals surface area contributed by atoms with Crippen molar-refractivity contribution >= 4 is 12.1 Å². The molecule has 4 heteroatoms. The maximum atomic E-state index is 12.1. The summed E-state index contributed by atoms with van der Waals surface area (Å²) in [4.78, 5) is 23.2. The number of rotatable bonds is 2. The van der Waals surface area contributed by atoms with E-state index in [1.807, 2.05) is 6.92 Å². The number of hydrogen-bond acceptors (Lipinski definition) is 4. The summed E-state index contributed by atoms with van der Waals surface area (Å²) in [6.45, 7) is 6.37. The Labute approximate surface area is 126 Å². The van der Waals surface area contributed by atoms with Crippen LogP contribution in [0.1, 0.15) is 46.5 Å². The lowest BCUT2D eigenvalue weighted by Gasteiger charge is -2.45. The van der Waals surface area contributed by atoms with Crippen LogP contribution in [0, 0.1) is 29.6 Å². The Morgan fingerprint density at radius 1 is 1.29 bits per heavy atom. The van der Waals surface area contributed by atoms with Crippen molar-refractivity contribution < 1.29 is 19.1 Å². The van der Waals surface area contributed by atoms with E-state index in [1.165, 1.54) is 25.5 Å². The third-order valence-corrected chi connectivity index (χ3v) is 5.39. The molecule has 4 nitrogen and oxygen atoms in total. The highest BCUT2D eigenvalue weighted by molar-refractivity contribution is 5.83. The van der Waals surface area contributed by atoms with Gasteiger partial charge in [0.1, 0.15) is 0 Å². The van der Waals surface area contributed by atoms with Crippen molar-refractivity contribution in [3.05, 3.63) is 11.6 Å². The molecule has 0 aromatic carbocycles. The zero-order chi connectivity index (χ0) is 15.6. The summed E-state index contributed by atoms with van der Waals surface area (Å²) < 4.78 is 9.13. The van der Waals surface area contributed by atoms with Crippen LogP contribution in [0.4, 0.5) is 4.79 Å². The lowest BCUT2D eigenvalue weighted by atomic mass is 9.60. The first kappa shape index (κ1) is 16.1. The van der Waals surface area contributed by atoms with E-state index in [2.05, 4.69) is 24.7 Å². The lowest BCUT2D eigenvalue weighted by Crippen LogP contribution is -2.40. The van der Waals surface area contributed by atoms with Gasteiger partial charge < -0.3 is 9.47 Å². The van der Waals surface area contributed by atoms with Gasteiger partial charge in [0.2, 0.25) is 0 Å². The molecular formula is C17H26O4. The van der Waals surface area contributed by atoms with E-state index in [0.717, 1.165) is 12.8 Å². The number of fused-ring (bicyclic) bond motifs is 1. The summed E-state index contributed by atoms with van der Waals surface area (Å²) in [5.74, 6) is 1.32. The average molecular weight is 294 g/mol. The first-order valence-corrected chi connectivity index (χ1v) is 7.91. The van der Waals surface area contributed by atoms with Crippen LogP contribution in [0.5, 0.6) is 0 Å². The van der Waals surface area contributed by atoms with Gasteiger partial charge in [0.15, 0.2) is 0 Å². The maximum absolute atomic E-state index is 12.1. The number of carbonyl (C=O) groups excluding carboxylic acids is 2. The highest BCUT2D eigenvalue weighted by Gasteiger charge is 2.42. The zero-order valence-electron chi connectivity index (χ0n) is 13.4. The standard InChI is InChI=1S/C17H26O4/c1-10-5-7-13-11(2)6-8-14(15(13)9-10)12(3)16(18)21-17(19)20-4/h9,11-15H,5-8H2,1-4H3/t11-,12-,13+,14+,15+/m1/s1. The summed E-state index contributed by atoms with van der Waals surface area (Å²) in [7, 11) is 1.21. The largest absolute Gasteiger partial charge is 0.515 e. The fourth-order valence-corrected chi connectivity index (χ4v) is 4.06. The minimum absolute atomic E-state index is 0.263. The monoisotopic (exact) mass is 294 g/mol. The molecule has 0 radical (unpaired) electrons. The Balaban J connectivity index is 2.12. The molecule has 2 aliphatic rings. The molecule has 0 heterocycles. The van der Waals surface area contributed by atoms with Gasteiger partial charge in [-0.2, -0.15) is 0 Å². The van der Waals surface area contributed by atoms with Crippen LogP contribution < -0.4 is 0 Å². The van der Waals surface area contributed by atoms with Crippen LogP contribution in [0.25, 0.3) is 0 Å². The second kappa shape index (κ2) is 6.63. The number of methoxy groups -OCH3 is 1. The van der Waals surface area contributed by atoms with Gasteiger partial charge in [0.25, 0.3) is 0 Å². The van der Waals surface area contributed by atoms with Crippen LogP contribution in [0.2, 0.25) is 0 Å². The van der Waals surface area contributed by atoms with E-state index < -0.39 is 12.1 Å². The van der Waals surface area contributed by atoms with Gasteiger partial charge in [-0.1, -0.05) is 31.9 Å². The predicted octanol–water partition coefficient (Wildman–Crippen LogP) is 3.95. The normalized spacial score (nSPS) is 33.4. The Hall–Kier alpha value is -1.32. The second-order valence-corrected chi connectivity index (χ2v) is 6.68. The molecule has 0 spiro atoms. The maximum Gasteiger partial charge on any atom is 0.515 e. The molecular weight excluding hydrogens is 268 g/mol. The summed E-state index contributed by atoms with van der Waals surface area (Å²) in [5.41, 5.74) is 1.42. The molecule has 0 aliphatic heterocycles. The van der Waals surface area contributed by atoms with E-state index in [0.29, 0.717) is 17.8 Å². The van der Waals surface area contributed by atoms with Crippen molar-refractivity contribution in [2.24, 2.45) is 29.6 Å². The molecule has 1 saturated carbocycles. The van der Waals surface area contributed by atoms with Crippen LogP contribution in [0.3, 0.4) is 0 Å². The molecule has 0 bridgehead atoms. The molecule has 0 aromatic heterocycles. The van der Waals surface area contributed by atoms with E-state index in [9.17, 15) is 9.59 Å². The fraction of sp³-hybridized carbons (Fsp3) is 0.765. The van der Waals surface area contributed by atoms with Crippen molar-refractivity contribution in [1.82, 2.24) is 0 Å². The highest BCUT2D eigenvalue weighted by Crippen LogP contribution is 2.48. The molecule has 0 saturated heterocycles. The molecule has 21 heavy (non-hydrogen) atoms. The Morgan fingerprint density at radius 3 is 2.67 bits per heavy atom. The van der Waals surface area contributed by atoms with Crippen molar-refractivity contribution in [3.63, 3.8) is 0 Å². The average Bonchev–Trinajstić information content (AvgIpc) is 2.46. The molecule has 2 aliphatic carbocycles. The van der Waals surface area contributed by atoms with E-state index in [4.69, 9.17) is 4.74 Å². The summed E-state index contributed by atoms with van der Waals surface area (Å²) >= 11 is 0. The number of ether oxygens (including phenoxy) is 2. The van der Waals surface area contributed by atoms with E-state index in [-0.39, 0.29) is 11.8 Å². The molecule has 1 fully saturated rings. The van der Waals surface area contributed by atoms with Crippen LogP contribution in [0.15, 0.2) is 11.6 Å². The Morgan fingerprint density at radius 2 is 2.00 bits per heavy atom. The molecule has 0 aromatic rings. The third-order valence-electron chi connectivity index (χ3n) is 5.39. The third kappa shape index (κ3) is 3.47. The van der Waals surface area contributed by atoms with Gasteiger partial charge in [-0.25, -0.2) is 4.79 Å². The highest BCUT2D eigenvalue weighted by atomic mass is 16.7. The molecule has 0 N–H and O–H groups in total. The summed E-state index contributed by atoms with van der Waals surface area (Å²) in [6.07, 6.45) is 5.99. The van der Waals surface area contributed by atoms with Crippen LogP contribution in [-0.2, 0) is 14.3 Å². The number of allylic oxidation sites excluding steroid dienone is 2. The van der Waals surface area contributed by atoms with Crippen LogP contribution >= 0.6 is 0 Å². The van der Waals surface area contributed by atoms with Crippen molar-refractivity contribution in [2.75, 3.05) is 7.11 Å². The van der Waals surface area contributed by atoms with Crippen molar-refractivity contribution in [1.29, 1.82) is 0 Å². The van der Waals surface area contributed by atoms with Gasteiger partial charge in [0, 0.05) is 0 Å². The minimum Gasteiger partial charge on any atom is -0.437 e. The Bertz CT molecular complexity index is 440. The smallest absolute Gasteiger partial charge is 0.437 e. The number of esters is 1. The first-order chi connectivity index (χ1) is 9.93. The summed E-state index contributed by atoms with van der Waals surface area (Å²) in [6, 6.07) is 0. The van der Waals surface area contributed by atoms with Gasteiger partial charge in [-0.05, 0) is 49.9 Å². The number of hydrogen-bond donors (Lipinski definition) is 0. The fourth-order valence-electron chi connectivity index (χ4n) is 4.06. The van der Waals surface area contributed by atoms with Gasteiger partial charge in [-0.15, -0.1) is 0 Å². The predicted molar refractivity (Wildman–Crippen MR) is 79.5 cm³/mol. The lowest BCUT2D eigenvalue weighted by molar-refractivity contribution is -0.147. The molecule has 5 atom stereocenters. The van der Waals surface area contributed by atoms with Gasteiger partial charge in [-0.3, -0.25) is 4.79 Å². The molecule has 118 valence electrons. The molecule has 0 amide bonds. The zero-order valence-corrected chi connectivity index (χ0v) is 13.4. The topological polar surface area (TPSA) is 52.6 Å². The van der Waals surface area contributed by atoms with Gasteiger partial charge in [0.05, 0.1) is 13.0 Å². The quantitative estimate of drug-likeness (QED) is 0.439. The second-order valence-electron chi connectivity index (χ2n) is 6.68. The minimum atomic E-state index is -0.914. The van der Waals surface area contributed by atoms with E-state index in [1.54, 1.807) is 0 Å². The SMILES string of the molecule is COC(=O)OC(=O)[C@H](C)[C@@H]1CC[C@@H](C)[C@@H]2CCC(C)=C[C@@H]21. The first-order valence-electron chi connectivity index (χ1n) is 7.91. The van der Waals surface area contributed by atoms with Crippen LogP contribution in [-0.4, -0.2) is 19.2 Å². The molecule has 2 rings (SSSR count). The summed E-state index contributed by atoms with van der Waals surface area (Å²) in [5, 5.41) is 0. The van der Waals surface area contributed by atoms with E-state index >= 15 is 0 Å². The Kier molecular flexibility index (Phi) is 5.07. The van der Waals surface area contributed by atoms with Crippen molar-refractivity contribution in [3.8, 4) is 0 Å².